The molecule has 51 heavy (non-hydrogen) atoms. The molecule has 10 heteroatoms. The number of nitrogens with zero attached hydrogens (tertiary/aromatic N) is 5. The fourth-order valence-corrected chi connectivity index (χ4v) is 8.18. The molecule has 4 unspecified atom stereocenters. The molecule has 0 bridgehead atoms. The number of rotatable bonds is 6. The van der Waals surface area contributed by atoms with E-state index in [1.165, 1.54) is 0 Å². The summed E-state index contributed by atoms with van der Waals surface area (Å²) in [5, 5.41) is 0. The molecule has 4 amide bonds. The summed E-state index contributed by atoms with van der Waals surface area (Å²) in [7, 11) is 0. The molecular weight excluding hydrogens is 642 g/mol. The van der Waals surface area contributed by atoms with E-state index in [4.69, 9.17) is 4.42 Å². The van der Waals surface area contributed by atoms with E-state index in [2.05, 4.69) is 4.98 Å². The van der Waals surface area contributed by atoms with Gasteiger partial charge in [0.2, 0.25) is 5.89 Å². The van der Waals surface area contributed by atoms with Crippen molar-refractivity contribution in [2.45, 2.75) is 49.9 Å². The van der Waals surface area contributed by atoms with E-state index < -0.39 is 24.2 Å². The molecule has 4 fully saturated rings. The molecule has 10 nitrogen and oxygen atoms in total. The Kier molecular flexibility index (Phi) is 7.52. The third kappa shape index (κ3) is 5.12. The van der Waals surface area contributed by atoms with Crippen LogP contribution in [0.5, 0.6) is 0 Å². The van der Waals surface area contributed by atoms with E-state index in [9.17, 15) is 19.2 Å². The minimum Gasteiger partial charge on any atom is -0.436 e. The highest BCUT2D eigenvalue weighted by Gasteiger charge is 2.50. The molecule has 5 aromatic rings. The predicted octanol–water partition coefficient (Wildman–Crippen LogP) is 6.17. The molecule has 4 atom stereocenters. The lowest BCUT2D eigenvalue weighted by Crippen LogP contribution is -2.59. The minimum absolute atomic E-state index is 0.0504. The lowest BCUT2D eigenvalue weighted by molar-refractivity contribution is -0.144. The third-order valence-corrected chi connectivity index (χ3v) is 10.7. The van der Waals surface area contributed by atoms with E-state index in [1.54, 1.807) is 25.8 Å². The number of benzene rings is 4. The lowest BCUT2D eigenvalue weighted by Gasteiger charge is -2.42. The molecule has 5 heterocycles. The van der Waals surface area contributed by atoms with Gasteiger partial charge in [-0.15, -0.1) is 0 Å². The van der Waals surface area contributed by atoms with Crippen molar-refractivity contribution in [1.29, 1.82) is 0 Å². The molecule has 254 valence electrons. The number of oxazole rings is 1. The average Bonchev–Trinajstić information content (AvgIpc) is 3.98. The molecule has 0 aliphatic carbocycles. The zero-order chi connectivity index (χ0) is 34.6. The highest BCUT2D eigenvalue weighted by molar-refractivity contribution is 6.10. The molecule has 9 rings (SSSR count). The summed E-state index contributed by atoms with van der Waals surface area (Å²) < 4.78 is 6.20. The SMILES string of the molecule is O=C1C(c2ccccc2)N(c2ccc(-c3cnc(-c4ccc(N5C(=O)C6CCCN6C(=O)C5c5ccccc5)cc4)o3)cc2)C(=O)C2CCCN12. The second-order valence-corrected chi connectivity index (χ2v) is 13.5. The summed E-state index contributed by atoms with van der Waals surface area (Å²) in [4.78, 5) is 66.3. The van der Waals surface area contributed by atoms with Gasteiger partial charge in [-0.1, -0.05) is 60.7 Å². The van der Waals surface area contributed by atoms with Gasteiger partial charge in [0.25, 0.3) is 23.6 Å². The second-order valence-electron chi connectivity index (χ2n) is 13.5. The van der Waals surface area contributed by atoms with Crippen LogP contribution >= 0.6 is 0 Å². The zero-order valence-electron chi connectivity index (χ0n) is 27.8. The fourth-order valence-electron chi connectivity index (χ4n) is 8.18. The van der Waals surface area contributed by atoms with E-state index in [0.29, 0.717) is 49.0 Å². The summed E-state index contributed by atoms with van der Waals surface area (Å²) in [6.45, 7) is 1.20. The van der Waals surface area contributed by atoms with Gasteiger partial charge in [0.05, 0.1) is 6.20 Å². The highest BCUT2D eigenvalue weighted by Crippen LogP contribution is 2.40. The van der Waals surface area contributed by atoms with Crippen molar-refractivity contribution in [3.63, 3.8) is 0 Å². The number of carbonyl (C=O) groups is 4. The molecule has 0 spiro atoms. The molecule has 0 radical (unpaired) electrons. The minimum atomic E-state index is -0.728. The Labute approximate surface area is 294 Å². The Morgan fingerprint density at radius 2 is 0.980 bits per heavy atom. The van der Waals surface area contributed by atoms with Crippen LogP contribution in [0.15, 0.2) is 120 Å². The van der Waals surface area contributed by atoms with Crippen molar-refractivity contribution >= 4 is 35.0 Å². The van der Waals surface area contributed by atoms with Gasteiger partial charge >= 0.3 is 0 Å². The van der Waals surface area contributed by atoms with E-state index in [1.807, 2.05) is 109 Å². The lowest BCUT2D eigenvalue weighted by atomic mass is 9.97. The number of amides is 4. The van der Waals surface area contributed by atoms with Gasteiger partial charge in [0, 0.05) is 35.6 Å². The molecule has 0 saturated carbocycles. The van der Waals surface area contributed by atoms with Crippen LogP contribution < -0.4 is 9.80 Å². The van der Waals surface area contributed by atoms with E-state index in [0.717, 1.165) is 35.1 Å². The molecule has 0 N–H and O–H groups in total. The van der Waals surface area contributed by atoms with Crippen LogP contribution in [-0.2, 0) is 19.2 Å². The van der Waals surface area contributed by atoms with Crippen LogP contribution in [0.1, 0.15) is 48.9 Å². The van der Waals surface area contributed by atoms with Crippen LogP contribution in [0, 0.1) is 0 Å². The first kappa shape index (κ1) is 31.0. The maximum Gasteiger partial charge on any atom is 0.251 e. The van der Waals surface area contributed by atoms with Gasteiger partial charge in [-0.05, 0) is 85.3 Å². The Balaban J connectivity index is 0.976. The van der Waals surface area contributed by atoms with Crippen molar-refractivity contribution in [2.75, 3.05) is 22.9 Å². The third-order valence-electron chi connectivity index (χ3n) is 10.7. The van der Waals surface area contributed by atoms with Crippen molar-refractivity contribution in [2.24, 2.45) is 0 Å². The first-order chi connectivity index (χ1) is 25.0. The predicted molar refractivity (Wildman–Crippen MR) is 190 cm³/mol. The fraction of sp³-hybridized carbons (Fsp3) is 0.244. The van der Waals surface area contributed by atoms with E-state index in [-0.39, 0.29) is 23.6 Å². The van der Waals surface area contributed by atoms with Crippen LogP contribution in [0.4, 0.5) is 11.4 Å². The number of aromatic nitrogens is 1. The highest BCUT2D eigenvalue weighted by atomic mass is 16.4. The normalized spacial score (nSPS) is 23.2. The molecule has 4 aliphatic rings. The number of hydrogen-bond donors (Lipinski definition) is 0. The summed E-state index contributed by atoms with van der Waals surface area (Å²) in [5.74, 6) is 0.719. The Morgan fingerprint density at radius 3 is 1.45 bits per heavy atom. The zero-order valence-corrected chi connectivity index (χ0v) is 27.8. The number of hydrogen-bond acceptors (Lipinski definition) is 6. The monoisotopic (exact) mass is 677 g/mol. The summed E-state index contributed by atoms with van der Waals surface area (Å²) in [6, 6.07) is 31.4. The smallest absolute Gasteiger partial charge is 0.251 e. The average molecular weight is 678 g/mol. The topological polar surface area (TPSA) is 107 Å². The summed E-state index contributed by atoms with van der Waals surface area (Å²) >= 11 is 0. The first-order valence-corrected chi connectivity index (χ1v) is 17.5. The summed E-state index contributed by atoms with van der Waals surface area (Å²) in [5.41, 5.74) is 4.34. The standard InChI is InChI=1S/C41H35N5O5/c47-38-32-13-7-23-43(32)40(49)35(27-9-3-1-4-10-27)45(38)30-19-15-26(16-20-30)34-25-42-37(51-34)29-17-21-31(22-18-29)46-36(28-11-5-2-6-12-28)41(50)44-24-8-14-33(44)39(46)48/h1-6,9-12,15-22,25,32-33,35-36H,7-8,13-14,23-24H2. The van der Waals surface area contributed by atoms with Crippen molar-refractivity contribution in [3.05, 3.63) is 127 Å². The van der Waals surface area contributed by atoms with Gasteiger partial charge in [0.15, 0.2) is 5.76 Å². The summed E-state index contributed by atoms with van der Waals surface area (Å²) in [6.07, 6.45) is 4.62. The molecule has 4 saturated heterocycles. The van der Waals surface area contributed by atoms with E-state index >= 15 is 0 Å². The quantitative estimate of drug-likeness (QED) is 0.213. The maximum absolute atomic E-state index is 13.8. The van der Waals surface area contributed by atoms with Gasteiger partial charge in [0.1, 0.15) is 24.2 Å². The Morgan fingerprint density at radius 1 is 0.529 bits per heavy atom. The second kappa shape index (κ2) is 12.4. The van der Waals surface area contributed by atoms with Crippen LogP contribution in [0.25, 0.3) is 22.8 Å². The van der Waals surface area contributed by atoms with Crippen molar-refractivity contribution < 1.29 is 23.6 Å². The Hall–Kier alpha value is -6.03. The molecule has 1 aromatic heterocycles. The van der Waals surface area contributed by atoms with Crippen molar-refractivity contribution in [1.82, 2.24) is 14.8 Å². The first-order valence-electron chi connectivity index (χ1n) is 17.5. The van der Waals surface area contributed by atoms with Gasteiger partial charge in [-0.2, -0.15) is 0 Å². The van der Waals surface area contributed by atoms with Gasteiger partial charge in [-0.25, -0.2) is 4.98 Å². The number of piperazine rings is 2. The molecule has 4 aliphatic heterocycles. The maximum atomic E-state index is 13.8. The van der Waals surface area contributed by atoms with Crippen LogP contribution in [-0.4, -0.2) is 63.6 Å². The number of fused-ring (bicyclic) bond motifs is 2. The number of carbonyl (C=O) groups excluding carboxylic acids is 4. The molecule has 4 aromatic carbocycles. The number of anilines is 2. The molecular formula is C41H35N5O5. The Bertz CT molecular complexity index is 1980. The van der Waals surface area contributed by atoms with Crippen molar-refractivity contribution in [3.8, 4) is 22.8 Å². The van der Waals surface area contributed by atoms with Gasteiger partial charge in [-0.3, -0.25) is 29.0 Å². The van der Waals surface area contributed by atoms with Crippen LogP contribution in [0.2, 0.25) is 0 Å². The van der Waals surface area contributed by atoms with Gasteiger partial charge < -0.3 is 14.2 Å². The van der Waals surface area contributed by atoms with Crippen LogP contribution in [0.3, 0.4) is 0 Å². The largest absolute Gasteiger partial charge is 0.436 e.